The van der Waals surface area contributed by atoms with E-state index in [2.05, 4.69) is 93.6 Å². The molecule has 0 fully saturated rings. The predicted octanol–water partition coefficient (Wildman–Crippen LogP) is 9.70. The van der Waals surface area contributed by atoms with Crippen LogP contribution < -0.4 is 0 Å². The van der Waals surface area contributed by atoms with Crippen LogP contribution in [0.4, 0.5) is 0 Å². The number of imidazole rings is 1. The van der Waals surface area contributed by atoms with Gasteiger partial charge >= 0.3 is 0 Å². The Morgan fingerprint density at radius 3 is 1.96 bits per heavy atom. The molecule has 0 saturated carbocycles. The molecule has 0 aliphatic heterocycles. The molecule has 5 heteroatoms. The number of hydrogen-bond acceptors (Lipinski definition) is 4. The minimum Gasteiger partial charge on any atom is -0.507 e. The molecule has 0 aliphatic rings. The van der Waals surface area contributed by atoms with Crippen LogP contribution in [0.2, 0.25) is 0 Å². The molecule has 0 radical (unpaired) electrons. The Balaban J connectivity index is 1.42. The van der Waals surface area contributed by atoms with Crippen molar-refractivity contribution in [3.8, 4) is 61.9 Å². The lowest BCUT2D eigenvalue weighted by Gasteiger charge is -2.21. The number of aryl methyl sites for hydroxylation is 1. The van der Waals surface area contributed by atoms with Crippen molar-refractivity contribution < 1.29 is 5.11 Å². The van der Waals surface area contributed by atoms with E-state index in [1.54, 1.807) is 0 Å². The van der Waals surface area contributed by atoms with Crippen LogP contribution in [0.5, 0.6) is 5.75 Å². The molecule has 0 saturated heterocycles. The maximum Gasteiger partial charge on any atom is 0.144 e. The largest absolute Gasteiger partial charge is 0.507 e. The lowest BCUT2D eigenvalue weighted by atomic mass is 9.85. The second-order valence-corrected chi connectivity index (χ2v) is 12.4. The number of nitrogens with zero attached hydrogens (tertiary/aromatic N) is 4. The lowest BCUT2D eigenvalue weighted by molar-refractivity contribution is 0.448. The van der Waals surface area contributed by atoms with Gasteiger partial charge in [-0.15, -0.1) is 0 Å². The fourth-order valence-corrected chi connectivity index (χ4v) is 6.01. The topological polar surface area (TPSA) is 63.8 Å². The number of phenols is 1. The van der Waals surface area contributed by atoms with Gasteiger partial charge in [0.25, 0.3) is 0 Å². The molecular formula is C40H34N4O. The summed E-state index contributed by atoms with van der Waals surface area (Å²) < 4.78 is 2.04. The molecule has 5 nitrogen and oxygen atoms in total. The maximum absolute atomic E-state index is 11.4. The standard InChI is InChI=1S/C40H34N4O/c1-40(2,3)33-17-11-16-32(38(33)45)39-43-37-35(44(39)4)19-21-42-36(37)31-23-29(27-14-9-6-10-15-27)22-30(24-31)34-25-28(18-20-41-34)26-12-7-5-8-13-26/h5-25,45H,1-4H3. The van der Waals surface area contributed by atoms with E-state index in [4.69, 9.17) is 15.0 Å². The van der Waals surface area contributed by atoms with Crippen LogP contribution in [0.25, 0.3) is 67.2 Å². The summed E-state index contributed by atoms with van der Waals surface area (Å²) in [5.74, 6) is 0.954. The zero-order valence-corrected chi connectivity index (χ0v) is 25.9. The second-order valence-electron chi connectivity index (χ2n) is 12.4. The van der Waals surface area contributed by atoms with E-state index in [1.165, 1.54) is 0 Å². The normalized spacial score (nSPS) is 11.6. The van der Waals surface area contributed by atoms with E-state index < -0.39 is 0 Å². The third kappa shape index (κ3) is 5.27. The highest BCUT2D eigenvalue weighted by Crippen LogP contribution is 2.40. The van der Waals surface area contributed by atoms with Crippen molar-refractivity contribution in [2.75, 3.05) is 0 Å². The number of benzene rings is 4. The third-order valence-corrected chi connectivity index (χ3v) is 8.36. The number of phenolic OH excluding ortho intramolecular Hbond substituents is 1. The van der Waals surface area contributed by atoms with Crippen LogP contribution in [-0.4, -0.2) is 24.6 Å². The van der Waals surface area contributed by atoms with Crippen molar-refractivity contribution in [1.29, 1.82) is 0 Å². The van der Waals surface area contributed by atoms with E-state index in [0.717, 1.165) is 61.4 Å². The fraction of sp³-hybridized carbons (Fsp3) is 0.125. The molecule has 3 heterocycles. The van der Waals surface area contributed by atoms with Crippen molar-refractivity contribution in [3.63, 3.8) is 0 Å². The van der Waals surface area contributed by atoms with Gasteiger partial charge in [-0.1, -0.05) is 93.6 Å². The zero-order valence-electron chi connectivity index (χ0n) is 25.9. The van der Waals surface area contributed by atoms with Gasteiger partial charge in [-0.05, 0) is 75.7 Å². The molecule has 4 aromatic carbocycles. The van der Waals surface area contributed by atoms with Gasteiger partial charge in [0.1, 0.15) is 17.1 Å². The summed E-state index contributed by atoms with van der Waals surface area (Å²) in [7, 11) is 1.99. The summed E-state index contributed by atoms with van der Waals surface area (Å²) >= 11 is 0. The summed E-state index contributed by atoms with van der Waals surface area (Å²) in [6.07, 6.45) is 3.70. The average Bonchev–Trinajstić information content (AvgIpc) is 3.41. The first-order chi connectivity index (χ1) is 21.8. The molecule has 0 aliphatic carbocycles. The number of para-hydroxylation sites is 1. The van der Waals surface area contributed by atoms with Crippen LogP contribution in [-0.2, 0) is 12.5 Å². The first-order valence-electron chi connectivity index (χ1n) is 15.1. The van der Waals surface area contributed by atoms with Crippen LogP contribution >= 0.6 is 0 Å². The molecule has 1 N–H and O–H groups in total. The highest BCUT2D eigenvalue weighted by Gasteiger charge is 2.23. The van der Waals surface area contributed by atoms with Gasteiger partial charge in [0.2, 0.25) is 0 Å². The highest BCUT2D eigenvalue weighted by atomic mass is 16.3. The van der Waals surface area contributed by atoms with Gasteiger partial charge in [0.15, 0.2) is 0 Å². The molecule has 45 heavy (non-hydrogen) atoms. The summed E-state index contributed by atoms with van der Waals surface area (Å²) in [6.45, 7) is 6.31. The quantitative estimate of drug-likeness (QED) is 0.218. The molecule has 7 rings (SSSR count). The Morgan fingerprint density at radius 2 is 1.24 bits per heavy atom. The molecule has 220 valence electrons. The maximum atomic E-state index is 11.4. The summed E-state index contributed by atoms with van der Waals surface area (Å²) in [4.78, 5) is 14.8. The van der Waals surface area contributed by atoms with Gasteiger partial charge in [0.05, 0.1) is 22.5 Å². The van der Waals surface area contributed by atoms with Gasteiger partial charge in [0, 0.05) is 30.6 Å². The van der Waals surface area contributed by atoms with E-state index in [1.807, 2.05) is 66.5 Å². The molecule has 0 unspecified atom stereocenters. The third-order valence-electron chi connectivity index (χ3n) is 8.36. The Bertz CT molecular complexity index is 2160. The minimum atomic E-state index is -0.211. The first kappa shape index (κ1) is 28.2. The summed E-state index contributed by atoms with van der Waals surface area (Å²) in [5, 5.41) is 11.4. The Morgan fingerprint density at radius 1 is 0.600 bits per heavy atom. The van der Waals surface area contributed by atoms with Crippen molar-refractivity contribution in [2.24, 2.45) is 7.05 Å². The van der Waals surface area contributed by atoms with Crippen LogP contribution in [0.15, 0.2) is 128 Å². The lowest BCUT2D eigenvalue weighted by Crippen LogP contribution is -2.11. The average molecular weight is 587 g/mol. The molecule has 0 bridgehead atoms. The number of rotatable bonds is 5. The van der Waals surface area contributed by atoms with Gasteiger partial charge in [-0.2, -0.15) is 0 Å². The van der Waals surface area contributed by atoms with Crippen molar-refractivity contribution in [1.82, 2.24) is 19.5 Å². The molecule has 0 atom stereocenters. The fourth-order valence-electron chi connectivity index (χ4n) is 6.01. The Kier molecular flexibility index (Phi) is 7.01. The molecule has 0 spiro atoms. The summed E-state index contributed by atoms with van der Waals surface area (Å²) in [6, 6.07) is 39.3. The second kappa shape index (κ2) is 11.2. The van der Waals surface area contributed by atoms with Gasteiger partial charge < -0.3 is 9.67 Å². The number of aromatic hydroxyl groups is 1. The number of hydrogen-bond donors (Lipinski definition) is 1. The number of pyridine rings is 2. The van der Waals surface area contributed by atoms with Crippen LogP contribution in [0.1, 0.15) is 26.3 Å². The number of fused-ring (bicyclic) bond motifs is 1. The summed E-state index contributed by atoms with van der Waals surface area (Å²) in [5.41, 5.74) is 11.1. The molecule has 0 amide bonds. The zero-order chi connectivity index (χ0) is 31.1. The van der Waals surface area contributed by atoms with Gasteiger partial charge in [-0.3, -0.25) is 9.97 Å². The monoisotopic (exact) mass is 586 g/mol. The van der Waals surface area contributed by atoms with E-state index >= 15 is 0 Å². The van der Waals surface area contributed by atoms with Crippen LogP contribution in [0.3, 0.4) is 0 Å². The Hall–Kier alpha value is -5.55. The smallest absolute Gasteiger partial charge is 0.144 e. The van der Waals surface area contributed by atoms with E-state index in [-0.39, 0.29) is 11.2 Å². The van der Waals surface area contributed by atoms with E-state index in [0.29, 0.717) is 11.4 Å². The van der Waals surface area contributed by atoms with E-state index in [9.17, 15) is 5.11 Å². The van der Waals surface area contributed by atoms with Crippen molar-refractivity contribution >= 4 is 11.0 Å². The first-order valence-corrected chi connectivity index (χ1v) is 15.1. The molecular weight excluding hydrogens is 552 g/mol. The van der Waals surface area contributed by atoms with Crippen LogP contribution in [0, 0.1) is 0 Å². The number of aromatic nitrogens is 4. The minimum absolute atomic E-state index is 0.211. The molecule has 7 aromatic rings. The van der Waals surface area contributed by atoms with Gasteiger partial charge in [-0.25, -0.2) is 4.98 Å². The molecule has 3 aromatic heterocycles. The SMILES string of the molecule is Cn1c(-c2cccc(C(C)(C)C)c2O)nc2c(-c3cc(-c4ccccc4)cc(-c4cc(-c5ccccc5)ccn4)c3)nccc21. The highest BCUT2D eigenvalue weighted by molar-refractivity contribution is 5.94. The van der Waals surface area contributed by atoms with Crippen molar-refractivity contribution in [2.45, 2.75) is 26.2 Å². The van der Waals surface area contributed by atoms with Crippen molar-refractivity contribution in [3.05, 3.63) is 133 Å². The predicted molar refractivity (Wildman–Crippen MR) is 184 cm³/mol. The Labute approximate surface area is 263 Å².